The van der Waals surface area contributed by atoms with Gasteiger partial charge in [0.05, 0.1) is 4.92 Å². The Hall–Kier alpha value is -2.27. The van der Waals surface area contributed by atoms with Crippen molar-refractivity contribution in [1.82, 2.24) is 0 Å². The number of hydrogen-bond acceptors (Lipinski definition) is 4. The summed E-state index contributed by atoms with van der Waals surface area (Å²) in [6, 6.07) is 11.7. The molecule has 21 heavy (non-hydrogen) atoms. The molecule has 2 aromatic rings. The monoisotopic (exact) mass is 307 g/mol. The number of aryl methyl sites for hydroxylation is 1. The highest BCUT2D eigenvalue weighted by molar-refractivity contribution is 6.30. The number of nitrogens with zero attached hydrogens (tertiary/aromatic N) is 1. The van der Waals surface area contributed by atoms with E-state index < -0.39 is 4.92 Å². The number of halogens is 1. The molecule has 0 aliphatic carbocycles. The lowest BCUT2D eigenvalue weighted by molar-refractivity contribution is -0.385. The lowest BCUT2D eigenvalue weighted by atomic mass is 10.2. The number of nitro groups is 1. The normalized spacial score (nSPS) is 10.2. The Morgan fingerprint density at radius 3 is 2.62 bits per heavy atom. The van der Waals surface area contributed by atoms with E-state index in [1.54, 1.807) is 36.4 Å². The quantitative estimate of drug-likeness (QED) is 0.459. The summed E-state index contributed by atoms with van der Waals surface area (Å²) < 4.78 is 10.9. The second-order valence-electron chi connectivity index (χ2n) is 4.38. The summed E-state index contributed by atoms with van der Waals surface area (Å²) >= 11 is 5.84. The maximum absolute atomic E-state index is 10.9. The predicted molar refractivity (Wildman–Crippen MR) is 80.3 cm³/mol. The number of nitro benzene ring substituents is 1. The summed E-state index contributed by atoms with van der Waals surface area (Å²) in [4.78, 5) is 10.4. The van der Waals surface area contributed by atoms with E-state index in [9.17, 15) is 10.1 Å². The first-order chi connectivity index (χ1) is 10.1. The number of ether oxygens (including phenoxy) is 2. The molecule has 0 N–H and O–H groups in total. The molecule has 0 fully saturated rings. The lowest BCUT2D eigenvalue weighted by Gasteiger charge is -2.09. The van der Waals surface area contributed by atoms with Crippen molar-refractivity contribution < 1.29 is 14.4 Å². The summed E-state index contributed by atoms with van der Waals surface area (Å²) in [7, 11) is 0. The molecule has 0 aliphatic rings. The Morgan fingerprint density at radius 2 is 1.90 bits per heavy atom. The van der Waals surface area contributed by atoms with Gasteiger partial charge >= 0.3 is 5.69 Å². The van der Waals surface area contributed by atoms with E-state index >= 15 is 0 Å². The van der Waals surface area contributed by atoms with Crippen molar-refractivity contribution in [1.29, 1.82) is 0 Å². The molecule has 0 saturated heterocycles. The third-order valence-corrected chi connectivity index (χ3v) is 2.95. The average molecular weight is 308 g/mol. The van der Waals surface area contributed by atoms with Gasteiger partial charge in [0.2, 0.25) is 0 Å². The first-order valence-electron chi connectivity index (χ1n) is 6.32. The van der Waals surface area contributed by atoms with Gasteiger partial charge in [-0.2, -0.15) is 0 Å². The molecule has 2 rings (SSSR count). The summed E-state index contributed by atoms with van der Waals surface area (Å²) in [6.45, 7) is 2.32. The fourth-order valence-electron chi connectivity index (χ4n) is 1.76. The molecule has 0 radical (unpaired) electrons. The maximum atomic E-state index is 10.9. The Morgan fingerprint density at radius 1 is 1.14 bits per heavy atom. The van der Waals surface area contributed by atoms with Crippen molar-refractivity contribution in [3.8, 4) is 11.5 Å². The highest BCUT2D eigenvalue weighted by Crippen LogP contribution is 2.27. The van der Waals surface area contributed by atoms with Gasteiger partial charge in [0.1, 0.15) is 19.0 Å². The van der Waals surface area contributed by atoms with E-state index in [-0.39, 0.29) is 24.7 Å². The minimum atomic E-state index is -0.466. The van der Waals surface area contributed by atoms with Gasteiger partial charge in [-0.25, -0.2) is 0 Å². The smallest absolute Gasteiger partial charge is 0.310 e. The maximum Gasteiger partial charge on any atom is 0.310 e. The van der Waals surface area contributed by atoms with Crippen molar-refractivity contribution in [3.63, 3.8) is 0 Å². The minimum Gasteiger partial charge on any atom is -0.490 e. The average Bonchev–Trinajstić information content (AvgIpc) is 2.43. The van der Waals surface area contributed by atoms with Gasteiger partial charge in [-0.05, 0) is 36.8 Å². The predicted octanol–water partition coefficient (Wildman–Crippen LogP) is 4.01. The van der Waals surface area contributed by atoms with Gasteiger partial charge in [-0.3, -0.25) is 10.1 Å². The fraction of sp³-hybridized carbons (Fsp3) is 0.200. The number of rotatable bonds is 6. The van der Waals surface area contributed by atoms with Crippen LogP contribution in [0.5, 0.6) is 11.5 Å². The van der Waals surface area contributed by atoms with E-state index in [1.165, 1.54) is 6.07 Å². The van der Waals surface area contributed by atoms with Gasteiger partial charge in [-0.1, -0.05) is 23.7 Å². The van der Waals surface area contributed by atoms with Gasteiger partial charge in [0, 0.05) is 11.1 Å². The molecule has 110 valence electrons. The highest BCUT2D eigenvalue weighted by atomic mass is 35.5. The molecule has 5 nitrogen and oxygen atoms in total. The van der Waals surface area contributed by atoms with Crippen LogP contribution >= 0.6 is 11.6 Å². The van der Waals surface area contributed by atoms with Crippen LogP contribution in [0.2, 0.25) is 5.02 Å². The molecule has 0 saturated carbocycles. The van der Waals surface area contributed by atoms with E-state index in [1.807, 2.05) is 6.92 Å². The Kier molecular flexibility index (Phi) is 5.00. The van der Waals surface area contributed by atoms with Crippen LogP contribution in [0.25, 0.3) is 0 Å². The second-order valence-corrected chi connectivity index (χ2v) is 4.82. The van der Waals surface area contributed by atoms with Crippen LogP contribution in [0.1, 0.15) is 5.56 Å². The molecular formula is C15H14ClNO4. The Labute approximate surface area is 127 Å². The zero-order valence-electron chi connectivity index (χ0n) is 11.4. The topological polar surface area (TPSA) is 61.6 Å². The third kappa shape index (κ3) is 4.36. The molecule has 0 bridgehead atoms. The molecule has 0 heterocycles. The number of benzene rings is 2. The highest BCUT2D eigenvalue weighted by Gasteiger charge is 2.14. The SMILES string of the molecule is Cc1ccc([N+](=O)[O-])c(OCCOc2cccc(Cl)c2)c1. The summed E-state index contributed by atoms with van der Waals surface area (Å²) in [6.07, 6.45) is 0. The largest absolute Gasteiger partial charge is 0.490 e. The van der Waals surface area contributed by atoms with Crippen LogP contribution in [-0.4, -0.2) is 18.1 Å². The molecular weight excluding hydrogens is 294 g/mol. The standard InChI is InChI=1S/C15H14ClNO4/c1-11-5-6-14(17(18)19)15(9-11)21-8-7-20-13-4-2-3-12(16)10-13/h2-6,9-10H,7-8H2,1H3. The van der Waals surface area contributed by atoms with E-state index in [0.717, 1.165) is 5.56 Å². The molecule has 0 aliphatic heterocycles. The zero-order valence-corrected chi connectivity index (χ0v) is 12.2. The third-order valence-electron chi connectivity index (χ3n) is 2.72. The van der Waals surface area contributed by atoms with Gasteiger partial charge in [0.25, 0.3) is 0 Å². The van der Waals surface area contributed by atoms with Crippen LogP contribution in [0.15, 0.2) is 42.5 Å². The van der Waals surface area contributed by atoms with Crippen LogP contribution < -0.4 is 9.47 Å². The van der Waals surface area contributed by atoms with Crippen molar-refractivity contribution >= 4 is 17.3 Å². The molecule has 0 amide bonds. The van der Waals surface area contributed by atoms with Gasteiger partial charge < -0.3 is 9.47 Å². The van der Waals surface area contributed by atoms with E-state index in [0.29, 0.717) is 10.8 Å². The molecule has 0 spiro atoms. The summed E-state index contributed by atoms with van der Waals surface area (Å²) in [5, 5.41) is 11.5. The summed E-state index contributed by atoms with van der Waals surface area (Å²) in [5.74, 6) is 0.875. The molecule has 0 unspecified atom stereocenters. The Bertz CT molecular complexity index is 645. The first kappa shape index (κ1) is 15.1. The second kappa shape index (κ2) is 6.95. The minimum absolute atomic E-state index is 0.0524. The van der Waals surface area contributed by atoms with E-state index in [2.05, 4.69) is 0 Å². The van der Waals surface area contributed by atoms with Crippen molar-refractivity contribution in [2.75, 3.05) is 13.2 Å². The summed E-state index contributed by atoms with van der Waals surface area (Å²) in [5.41, 5.74) is 0.842. The fourth-order valence-corrected chi connectivity index (χ4v) is 1.94. The molecule has 6 heteroatoms. The van der Waals surface area contributed by atoms with Crippen molar-refractivity contribution in [2.45, 2.75) is 6.92 Å². The Balaban J connectivity index is 1.91. The van der Waals surface area contributed by atoms with Crippen molar-refractivity contribution in [2.24, 2.45) is 0 Å². The van der Waals surface area contributed by atoms with Crippen LogP contribution in [0.3, 0.4) is 0 Å². The molecule has 0 aromatic heterocycles. The number of hydrogen-bond donors (Lipinski definition) is 0. The first-order valence-corrected chi connectivity index (χ1v) is 6.70. The van der Waals surface area contributed by atoms with Crippen molar-refractivity contribution in [3.05, 3.63) is 63.2 Å². The van der Waals surface area contributed by atoms with Crippen LogP contribution in [-0.2, 0) is 0 Å². The zero-order chi connectivity index (χ0) is 15.2. The lowest BCUT2D eigenvalue weighted by Crippen LogP contribution is -2.10. The van der Waals surface area contributed by atoms with E-state index in [4.69, 9.17) is 21.1 Å². The van der Waals surface area contributed by atoms with Crippen LogP contribution in [0, 0.1) is 17.0 Å². The molecule has 0 atom stereocenters. The van der Waals surface area contributed by atoms with Crippen LogP contribution in [0.4, 0.5) is 5.69 Å². The van der Waals surface area contributed by atoms with Gasteiger partial charge in [-0.15, -0.1) is 0 Å². The molecule has 2 aromatic carbocycles. The van der Waals surface area contributed by atoms with Gasteiger partial charge in [0.15, 0.2) is 5.75 Å².